The van der Waals surface area contributed by atoms with Crippen LogP contribution in [0, 0.1) is 0 Å². The van der Waals surface area contributed by atoms with Crippen molar-refractivity contribution in [1.29, 1.82) is 0 Å². The molecule has 0 amide bonds. The third-order valence-electron chi connectivity index (χ3n) is 2.61. The van der Waals surface area contributed by atoms with Crippen molar-refractivity contribution in [2.45, 2.75) is 12.5 Å². The van der Waals surface area contributed by atoms with Gasteiger partial charge in [-0.3, -0.25) is 4.79 Å². The third kappa shape index (κ3) is 2.33. The van der Waals surface area contributed by atoms with Crippen molar-refractivity contribution < 1.29 is 14.3 Å². The molecule has 6 nitrogen and oxygen atoms in total. The van der Waals surface area contributed by atoms with Crippen molar-refractivity contribution in [3.63, 3.8) is 0 Å². The number of carboxylic acid groups (broad SMARTS) is 1. The zero-order chi connectivity index (χ0) is 13.3. The highest BCUT2D eigenvalue weighted by atomic mass is 16.4. The number of hydrogen-bond acceptors (Lipinski definition) is 5. The van der Waals surface area contributed by atoms with Crippen molar-refractivity contribution in [1.82, 2.24) is 0 Å². The van der Waals surface area contributed by atoms with Gasteiger partial charge >= 0.3 is 11.6 Å². The quantitative estimate of drug-likeness (QED) is 0.532. The molecule has 0 saturated carbocycles. The molecule has 1 aromatic carbocycles. The van der Waals surface area contributed by atoms with E-state index in [1.807, 2.05) is 0 Å². The van der Waals surface area contributed by atoms with Crippen molar-refractivity contribution in [2.24, 2.45) is 5.73 Å². The Kier molecular flexibility index (Phi) is 3.03. The number of hydrogen-bond donors (Lipinski definition) is 3. The van der Waals surface area contributed by atoms with Crippen molar-refractivity contribution in [3.05, 3.63) is 40.2 Å². The minimum absolute atomic E-state index is 0.0569. The molecule has 0 radical (unpaired) electrons. The van der Waals surface area contributed by atoms with E-state index in [4.69, 9.17) is 21.0 Å². The van der Waals surface area contributed by atoms with E-state index in [0.29, 0.717) is 22.2 Å². The number of anilines is 1. The van der Waals surface area contributed by atoms with Crippen LogP contribution in [0.25, 0.3) is 11.0 Å². The Hall–Kier alpha value is -2.34. The van der Waals surface area contributed by atoms with Crippen LogP contribution in [0.5, 0.6) is 0 Å². The molecule has 1 aromatic heterocycles. The van der Waals surface area contributed by atoms with Gasteiger partial charge in [0.05, 0.1) is 0 Å². The molecule has 2 rings (SSSR count). The highest BCUT2D eigenvalue weighted by Crippen LogP contribution is 2.20. The topological polar surface area (TPSA) is 120 Å². The summed E-state index contributed by atoms with van der Waals surface area (Å²) in [5, 5.41) is 9.42. The van der Waals surface area contributed by atoms with Crippen LogP contribution in [0.15, 0.2) is 33.5 Å². The maximum Gasteiger partial charge on any atom is 0.336 e. The molecule has 18 heavy (non-hydrogen) atoms. The number of carboxylic acids is 1. The van der Waals surface area contributed by atoms with E-state index in [1.54, 1.807) is 12.1 Å². The van der Waals surface area contributed by atoms with Crippen LogP contribution in [0.2, 0.25) is 0 Å². The van der Waals surface area contributed by atoms with E-state index in [-0.39, 0.29) is 6.42 Å². The summed E-state index contributed by atoms with van der Waals surface area (Å²) in [6.45, 7) is 0. The average molecular weight is 248 g/mol. The summed E-state index contributed by atoms with van der Waals surface area (Å²) in [7, 11) is 0. The maximum absolute atomic E-state index is 11.4. The van der Waals surface area contributed by atoms with E-state index in [2.05, 4.69) is 0 Å². The lowest BCUT2D eigenvalue weighted by Gasteiger charge is -2.08. The Labute approximate surface area is 102 Å². The van der Waals surface area contributed by atoms with Crippen LogP contribution < -0.4 is 17.1 Å². The predicted octanol–water partition coefficient (Wildman–Crippen LogP) is 0.330. The first-order valence-corrected chi connectivity index (χ1v) is 5.28. The zero-order valence-corrected chi connectivity index (χ0v) is 9.42. The molecule has 6 heteroatoms. The van der Waals surface area contributed by atoms with Gasteiger partial charge in [-0.2, -0.15) is 0 Å². The van der Waals surface area contributed by atoms with E-state index in [1.165, 1.54) is 12.1 Å². The Morgan fingerprint density at radius 1 is 1.39 bits per heavy atom. The van der Waals surface area contributed by atoms with Gasteiger partial charge in [0.25, 0.3) is 0 Å². The molecule has 0 unspecified atom stereocenters. The lowest BCUT2D eigenvalue weighted by Crippen LogP contribution is -2.32. The van der Waals surface area contributed by atoms with Crippen LogP contribution in [-0.4, -0.2) is 17.1 Å². The van der Waals surface area contributed by atoms with Gasteiger partial charge in [0.15, 0.2) is 0 Å². The van der Waals surface area contributed by atoms with Gasteiger partial charge in [0.2, 0.25) is 0 Å². The molecule has 0 spiro atoms. The summed E-state index contributed by atoms with van der Waals surface area (Å²) in [6, 6.07) is 5.04. The van der Waals surface area contributed by atoms with Crippen LogP contribution in [0.1, 0.15) is 5.56 Å². The number of benzene rings is 1. The average Bonchev–Trinajstić information content (AvgIpc) is 2.27. The summed E-state index contributed by atoms with van der Waals surface area (Å²) < 4.78 is 5.00. The molecular formula is C12H12N2O4. The molecule has 0 aliphatic heterocycles. The molecule has 0 aliphatic rings. The summed E-state index contributed by atoms with van der Waals surface area (Å²) in [5.74, 6) is -1.12. The SMILES string of the molecule is Nc1ccc2c(C[C@H](N)C(=O)O)cc(=O)oc2c1. The van der Waals surface area contributed by atoms with Crippen molar-refractivity contribution in [3.8, 4) is 0 Å². The van der Waals surface area contributed by atoms with Gasteiger partial charge in [-0.15, -0.1) is 0 Å². The fourth-order valence-corrected chi connectivity index (χ4v) is 1.74. The number of rotatable bonds is 3. The van der Waals surface area contributed by atoms with Gasteiger partial charge in [0, 0.05) is 23.2 Å². The highest BCUT2D eigenvalue weighted by molar-refractivity contribution is 5.84. The predicted molar refractivity (Wildman–Crippen MR) is 66.2 cm³/mol. The lowest BCUT2D eigenvalue weighted by molar-refractivity contribution is -0.138. The summed E-state index contributed by atoms with van der Waals surface area (Å²) >= 11 is 0. The second kappa shape index (κ2) is 4.50. The van der Waals surface area contributed by atoms with Gasteiger partial charge in [-0.25, -0.2) is 4.79 Å². The maximum atomic E-state index is 11.4. The molecule has 0 fully saturated rings. The molecule has 2 aromatic rings. The van der Waals surface area contributed by atoms with E-state index in [0.717, 1.165) is 0 Å². The number of fused-ring (bicyclic) bond motifs is 1. The highest BCUT2D eigenvalue weighted by Gasteiger charge is 2.15. The molecule has 1 atom stereocenters. The lowest BCUT2D eigenvalue weighted by atomic mass is 10.0. The molecule has 5 N–H and O–H groups in total. The molecule has 0 bridgehead atoms. The Morgan fingerprint density at radius 3 is 2.78 bits per heavy atom. The van der Waals surface area contributed by atoms with Crippen LogP contribution in [0.4, 0.5) is 5.69 Å². The van der Waals surface area contributed by atoms with Gasteiger partial charge in [0.1, 0.15) is 11.6 Å². The van der Waals surface area contributed by atoms with Gasteiger partial charge in [-0.05, 0) is 24.1 Å². The van der Waals surface area contributed by atoms with Gasteiger partial charge < -0.3 is 21.0 Å². The molecule has 1 heterocycles. The van der Waals surface area contributed by atoms with E-state index < -0.39 is 17.6 Å². The Morgan fingerprint density at radius 2 is 2.11 bits per heavy atom. The second-order valence-corrected chi connectivity index (χ2v) is 4.00. The Bertz CT molecular complexity index is 663. The minimum atomic E-state index is -1.12. The summed E-state index contributed by atoms with van der Waals surface area (Å²) in [6.07, 6.45) is 0.0569. The zero-order valence-electron chi connectivity index (χ0n) is 9.42. The summed E-state index contributed by atoms with van der Waals surface area (Å²) in [5.41, 5.74) is 11.8. The van der Waals surface area contributed by atoms with E-state index >= 15 is 0 Å². The number of carbonyl (C=O) groups is 1. The fourth-order valence-electron chi connectivity index (χ4n) is 1.74. The smallest absolute Gasteiger partial charge is 0.336 e. The minimum Gasteiger partial charge on any atom is -0.480 e. The molecular weight excluding hydrogens is 236 g/mol. The van der Waals surface area contributed by atoms with Crippen molar-refractivity contribution >= 4 is 22.6 Å². The van der Waals surface area contributed by atoms with Crippen LogP contribution >= 0.6 is 0 Å². The van der Waals surface area contributed by atoms with Crippen molar-refractivity contribution in [2.75, 3.05) is 5.73 Å². The molecule has 0 saturated heterocycles. The monoisotopic (exact) mass is 248 g/mol. The standard InChI is InChI=1S/C12H12N2O4/c13-7-1-2-8-6(3-9(14)12(16)17)4-11(15)18-10(8)5-7/h1-2,4-5,9H,3,13-14H2,(H,16,17)/t9-/m0/s1. The fraction of sp³-hybridized carbons (Fsp3) is 0.167. The molecule has 94 valence electrons. The third-order valence-corrected chi connectivity index (χ3v) is 2.61. The number of nitrogen functional groups attached to an aromatic ring is 1. The summed E-state index contributed by atoms with van der Waals surface area (Å²) in [4.78, 5) is 22.1. The normalized spacial score (nSPS) is 12.5. The Balaban J connectivity index is 2.56. The first kappa shape index (κ1) is 12.1. The first-order valence-electron chi connectivity index (χ1n) is 5.28. The van der Waals surface area contributed by atoms with Gasteiger partial charge in [-0.1, -0.05) is 0 Å². The largest absolute Gasteiger partial charge is 0.480 e. The second-order valence-electron chi connectivity index (χ2n) is 4.00. The number of aliphatic carboxylic acids is 1. The molecule has 0 aliphatic carbocycles. The number of nitrogens with two attached hydrogens (primary N) is 2. The van der Waals surface area contributed by atoms with E-state index in [9.17, 15) is 9.59 Å². The first-order chi connectivity index (χ1) is 8.47. The van der Waals surface area contributed by atoms with Crippen LogP contribution in [-0.2, 0) is 11.2 Å². The van der Waals surface area contributed by atoms with Crippen LogP contribution in [0.3, 0.4) is 0 Å².